The van der Waals surface area contributed by atoms with Crippen LogP contribution in [0.15, 0.2) is 40.0 Å². The van der Waals surface area contributed by atoms with Crippen molar-refractivity contribution >= 4 is 43.2 Å². The number of piperidine rings is 1. The van der Waals surface area contributed by atoms with Gasteiger partial charge in [0.1, 0.15) is 23.0 Å². The summed E-state index contributed by atoms with van der Waals surface area (Å²) in [5.74, 6) is 0.145. The van der Waals surface area contributed by atoms with Crippen LogP contribution in [0.2, 0.25) is 0 Å². The molecular weight excluding hydrogens is 462 g/mol. The van der Waals surface area contributed by atoms with Crippen molar-refractivity contribution < 1.29 is 27.8 Å². The fourth-order valence-electron chi connectivity index (χ4n) is 4.53. The largest absolute Gasteiger partial charge is 0.461 e. The molecule has 178 valence electrons. The molecule has 1 fully saturated rings. The van der Waals surface area contributed by atoms with Crippen LogP contribution in [0.1, 0.15) is 52.1 Å². The van der Waals surface area contributed by atoms with Gasteiger partial charge in [0.2, 0.25) is 5.71 Å². The summed E-state index contributed by atoms with van der Waals surface area (Å²) in [6, 6.07) is 7.22. The Bertz CT molecular complexity index is 1030. The lowest BCUT2D eigenvalue weighted by Crippen LogP contribution is -2.52. The minimum absolute atomic E-state index is 0.0456. The second-order valence-electron chi connectivity index (χ2n) is 9.33. The Balaban J connectivity index is 1.66. The van der Waals surface area contributed by atoms with Crippen LogP contribution in [0.3, 0.4) is 0 Å². The Hall–Kier alpha value is -2.17. The number of quaternary nitrogens is 1. The van der Waals surface area contributed by atoms with Crippen LogP contribution >= 0.6 is 25.4 Å². The molecule has 0 aliphatic carbocycles. The van der Waals surface area contributed by atoms with Crippen LogP contribution in [0, 0.1) is 0 Å². The van der Waals surface area contributed by atoms with Crippen molar-refractivity contribution in [3.63, 3.8) is 0 Å². The number of esters is 1. The molecule has 0 radical (unpaired) electrons. The number of carbonyl (C=O) groups excluding carboxylic acids is 2. The van der Waals surface area contributed by atoms with Gasteiger partial charge in [-0.1, -0.05) is 17.2 Å². The number of hydrogen-bond donors (Lipinski definition) is 2. The first-order valence-corrected chi connectivity index (χ1v) is 12.0. The van der Waals surface area contributed by atoms with Crippen LogP contribution in [0.4, 0.5) is 4.79 Å². The van der Waals surface area contributed by atoms with Crippen molar-refractivity contribution in [2.24, 2.45) is 5.10 Å². The van der Waals surface area contributed by atoms with E-state index in [2.05, 4.69) is 12.6 Å². The molecule has 10 heteroatoms. The molecule has 4 rings (SSSR count). The molecule has 1 saturated heterocycles. The van der Waals surface area contributed by atoms with E-state index in [-0.39, 0.29) is 34.5 Å². The summed E-state index contributed by atoms with van der Waals surface area (Å²) >= 11 is 9.63. The Labute approximate surface area is 205 Å². The van der Waals surface area contributed by atoms with E-state index >= 15 is 0 Å². The summed E-state index contributed by atoms with van der Waals surface area (Å²) in [4.78, 5) is 27.1. The predicted octanol–water partition coefficient (Wildman–Crippen LogP) is 4.26. The average molecular weight is 493 g/mol. The minimum Gasteiger partial charge on any atom is -0.461 e. The molecule has 0 saturated carbocycles. The molecule has 8 nitrogen and oxygen atoms in total. The number of ether oxygens (including phenoxy) is 3. The Morgan fingerprint density at radius 2 is 1.91 bits per heavy atom. The van der Waals surface area contributed by atoms with E-state index in [0.717, 1.165) is 5.56 Å². The fraction of sp³-hybridized carbons (Fsp3) is 0.522. The maximum atomic E-state index is 12.8. The van der Waals surface area contributed by atoms with Gasteiger partial charge in [-0.2, -0.15) is 0 Å². The maximum Gasteiger partial charge on any atom is 0.410 e. The van der Waals surface area contributed by atoms with Gasteiger partial charge in [0.05, 0.1) is 25.0 Å². The molecule has 3 aliphatic heterocycles. The summed E-state index contributed by atoms with van der Waals surface area (Å²) < 4.78 is 16.7. The summed E-state index contributed by atoms with van der Waals surface area (Å²) in [7, 11) is 0. The molecule has 0 aromatic heterocycles. The number of fused-ring (bicyclic) bond motifs is 3. The van der Waals surface area contributed by atoms with Crippen LogP contribution in [0.25, 0.3) is 0 Å². The summed E-state index contributed by atoms with van der Waals surface area (Å²) in [6.07, 6.45) is 0.979. The molecule has 1 aromatic carbocycles. The van der Waals surface area contributed by atoms with Gasteiger partial charge < -0.3 is 19.1 Å². The van der Waals surface area contributed by atoms with Gasteiger partial charge in [-0.05, 0) is 39.8 Å². The monoisotopic (exact) mass is 492 g/mol. The Kier molecular flexibility index (Phi) is 6.45. The number of rotatable bonds is 3. The lowest BCUT2D eigenvalue weighted by atomic mass is 9.92. The van der Waals surface area contributed by atoms with E-state index in [1.165, 1.54) is 0 Å². The van der Waals surface area contributed by atoms with Crippen LogP contribution < -0.4 is 4.74 Å². The maximum absolute atomic E-state index is 12.8. The zero-order valence-electron chi connectivity index (χ0n) is 19.3. The molecule has 3 aliphatic rings. The van der Waals surface area contributed by atoms with Gasteiger partial charge in [-0.15, -0.1) is 16.6 Å². The second-order valence-corrected chi connectivity index (χ2v) is 10.4. The second kappa shape index (κ2) is 8.88. The average Bonchev–Trinajstić information content (AvgIpc) is 3.09. The highest BCUT2D eigenvalue weighted by atomic mass is 32.1. The van der Waals surface area contributed by atoms with E-state index in [4.69, 9.17) is 32.1 Å². The molecule has 0 N–H and O–H groups in total. The van der Waals surface area contributed by atoms with E-state index in [1.54, 1.807) is 11.8 Å². The third kappa shape index (κ3) is 4.48. The highest BCUT2D eigenvalue weighted by Crippen LogP contribution is 2.54. The first-order chi connectivity index (χ1) is 15.5. The smallest absolute Gasteiger partial charge is 0.410 e. The van der Waals surface area contributed by atoms with Gasteiger partial charge in [0.25, 0.3) is 0 Å². The molecule has 1 aromatic rings. The molecule has 0 bridgehead atoms. The van der Waals surface area contributed by atoms with Crippen molar-refractivity contribution in [1.29, 1.82) is 0 Å². The van der Waals surface area contributed by atoms with Crippen molar-refractivity contribution in [3.05, 3.63) is 40.5 Å². The Morgan fingerprint density at radius 3 is 2.55 bits per heavy atom. The number of para-hydroxylation sites is 1. The van der Waals surface area contributed by atoms with E-state index in [1.807, 2.05) is 45.0 Å². The molecule has 2 unspecified atom stereocenters. The molecule has 1 amide bonds. The minimum atomic E-state index is -0.548. The molecule has 3 heterocycles. The first kappa shape index (κ1) is 24.0. The molecule has 0 spiro atoms. The fourth-order valence-corrected chi connectivity index (χ4v) is 5.41. The van der Waals surface area contributed by atoms with Gasteiger partial charge in [0, 0.05) is 25.9 Å². The lowest BCUT2D eigenvalue weighted by molar-refractivity contribution is -0.849. The van der Waals surface area contributed by atoms with Gasteiger partial charge in [0.15, 0.2) is 11.1 Å². The number of thiol groups is 2. The van der Waals surface area contributed by atoms with Crippen LogP contribution in [0.5, 0.6) is 5.75 Å². The van der Waals surface area contributed by atoms with Gasteiger partial charge >= 0.3 is 12.1 Å². The quantitative estimate of drug-likeness (QED) is 0.375. The van der Waals surface area contributed by atoms with Crippen LogP contribution in [-0.2, 0) is 14.3 Å². The normalized spacial score (nSPS) is 25.1. The Morgan fingerprint density at radius 1 is 1.24 bits per heavy atom. The van der Waals surface area contributed by atoms with Crippen molar-refractivity contribution in [1.82, 2.24) is 4.90 Å². The van der Waals surface area contributed by atoms with Crippen molar-refractivity contribution in [2.45, 2.75) is 58.2 Å². The van der Waals surface area contributed by atoms with E-state index in [9.17, 15) is 9.59 Å². The zero-order valence-corrected chi connectivity index (χ0v) is 21.1. The molecule has 33 heavy (non-hydrogen) atoms. The summed E-state index contributed by atoms with van der Waals surface area (Å²) in [6.45, 7) is 8.58. The lowest BCUT2D eigenvalue weighted by Gasteiger charge is -2.41. The molecule has 2 atom stereocenters. The van der Waals surface area contributed by atoms with Crippen molar-refractivity contribution in [2.75, 3.05) is 19.7 Å². The van der Waals surface area contributed by atoms with E-state index < -0.39 is 11.6 Å². The topological polar surface area (TPSA) is 77.4 Å². The van der Waals surface area contributed by atoms with E-state index in [0.29, 0.717) is 42.3 Å². The number of amides is 1. The summed E-state index contributed by atoms with van der Waals surface area (Å²) in [5.41, 5.74) is 1.11. The predicted molar refractivity (Wildman–Crippen MR) is 130 cm³/mol. The standard InChI is InChI=1S/C23H29N3O5S2/c1-5-29-20(27)18-17-19(15-8-6-7-9-16(15)30-21(17)32)26(33,24-18)14-10-12-25(13-11-14)22(28)31-23(2,3)4/h6-9,14,19,33H,5,10-13H2,1-4H3/p+1. The highest BCUT2D eigenvalue weighted by molar-refractivity contribution is 7.84. The summed E-state index contributed by atoms with van der Waals surface area (Å²) in [5, 5.41) is 5.13. The number of likely N-dealkylation sites (tertiary alicyclic amines) is 1. The SMILES string of the molecule is CCOC(=O)C1=N[N+](S)(C2CCN(C(=O)OC(C)(C)C)CC2)C2C1=C(S)Oc1ccccc12. The van der Waals surface area contributed by atoms with Gasteiger partial charge in [-0.25, -0.2) is 9.59 Å². The first-order valence-electron chi connectivity index (χ1n) is 11.1. The van der Waals surface area contributed by atoms with Gasteiger partial charge in [-0.3, -0.25) is 0 Å². The zero-order chi connectivity index (χ0) is 24.0. The highest BCUT2D eigenvalue weighted by Gasteiger charge is 2.58. The molecular formula is C23H30N3O5S2+. The number of carbonyl (C=O) groups is 2. The third-order valence-corrected chi connectivity index (χ3v) is 6.92. The number of hydrogen-bond acceptors (Lipinski definition) is 8. The number of benzene rings is 1. The van der Waals surface area contributed by atoms with Crippen LogP contribution in [-0.4, -0.2) is 58.0 Å². The van der Waals surface area contributed by atoms with Crippen molar-refractivity contribution in [3.8, 4) is 5.75 Å². The number of nitrogens with zero attached hydrogens (tertiary/aromatic N) is 3. The third-order valence-electron chi connectivity index (χ3n) is 5.94.